The van der Waals surface area contributed by atoms with Crippen molar-refractivity contribution in [2.45, 2.75) is 31.5 Å². The highest BCUT2D eigenvalue weighted by Crippen LogP contribution is 2.34. The van der Waals surface area contributed by atoms with Crippen LogP contribution in [0.2, 0.25) is 0 Å². The Kier molecular flexibility index (Phi) is 5.03. The van der Waals surface area contributed by atoms with Crippen molar-refractivity contribution in [3.63, 3.8) is 0 Å². The zero-order valence-electron chi connectivity index (χ0n) is 15.7. The van der Waals surface area contributed by atoms with Crippen molar-refractivity contribution in [1.82, 2.24) is 25.1 Å². The van der Waals surface area contributed by atoms with Crippen molar-refractivity contribution >= 4 is 11.0 Å². The Labute approximate surface area is 163 Å². The molecule has 2 aromatic heterocycles. The number of halogens is 3. The van der Waals surface area contributed by atoms with Crippen LogP contribution in [0.15, 0.2) is 29.1 Å². The van der Waals surface area contributed by atoms with Crippen LogP contribution in [-0.4, -0.2) is 39.9 Å². The largest absolute Gasteiger partial charge is 0.496 e. The number of hydrogen-bond donors (Lipinski definition) is 2. The van der Waals surface area contributed by atoms with Gasteiger partial charge in [0.25, 0.3) is 5.56 Å². The number of methoxy groups -OCH3 is 1. The second kappa shape index (κ2) is 7.51. The van der Waals surface area contributed by atoms with Crippen LogP contribution in [0.5, 0.6) is 5.75 Å². The number of para-hydroxylation sites is 1. The highest BCUT2D eigenvalue weighted by molar-refractivity contribution is 5.78. The Morgan fingerprint density at radius 3 is 2.66 bits per heavy atom. The van der Waals surface area contributed by atoms with E-state index in [-0.39, 0.29) is 23.9 Å². The molecule has 0 aliphatic carbocycles. The molecule has 1 aliphatic rings. The summed E-state index contributed by atoms with van der Waals surface area (Å²) >= 11 is 0. The molecular formula is C19H20F3N5O2. The van der Waals surface area contributed by atoms with Crippen molar-refractivity contribution < 1.29 is 17.9 Å². The molecule has 10 heteroatoms. The minimum atomic E-state index is -4.74. The molecular weight excluding hydrogens is 387 g/mol. The first-order valence-corrected chi connectivity index (χ1v) is 9.29. The van der Waals surface area contributed by atoms with E-state index in [0.29, 0.717) is 31.7 Å². The first-order valence-electron chi connectivity index (χ1n) is 9.29. The van der Waals surface area contributed by atoms with Crippen molar-refractivity contribution in [3.8, 4) is 5.75 Å². The van der Waals surface area contributed by atoms with Crippen LogP contribution in [0.3, 0.4) is 0 Å². The van der Waals surface area contributed by atoms with Gasteiger partial charge < -0.3 is 15.0 Å². The summed E-state index contributed by atoms with van der Waals surface area (Å²) in [4.78, 5) is 19.5. The monoisotopic (exact) mass is 407 g/mol. The second-order valence-corrected chi connectivity index (χ2v) is 6.97. The number of H-pyrrole nitrogens is 1. The summed E-state index contributed by atoms with van der Waals surface area (Å²) in [6.45, 7) is 1.34. The van der Waals surface area contributed by atoms with E-state index in [1.54, 1.807) is 6.07 Å². The number of alkyl halides is 3. The number of ether oxygens (including phenoxy) is 1. The molecule has 29 heavy (non-hydrogen) atoms. The van der Waals surface area contributed by atoms with Gasteiger partial charge in [-0.2, -0.15) is 18.3 Å². The number of rotatable bonds is 4. The molecule has 0 atom stereocenters. The zero-order valence-corrected chi connectivity index (χ0v) is 15.7. The van der Waals surface area contributed by atoms with Crippen LogP contribution in [0.1, 0.15) is 36.0 Å². The maximum absolute atomic E-state index is 13.5. The molecule has 1 aliphatic heterocycles. The standard InChI is InChI=1S/C19H20F3N5O2/c1-29-13-5-3-2-4-11(13)10-14-24-17-15(18(28)25-14)16(19(20,21)22)26-27(17)12-6-8-23-9-7-12/h2-5,12,23H,6-10H2,1H3,(H,24,25,28). The van der Waals surface area contributed by atoms with Gasteiger partial charge in [-0.1, -0.05) is 18.2 Å². The Bertz CT molecular complexity index is 1080. The third-order valence-corrected chi connectivity index (χ3v) is 5.08. The summed E-state index contributed by atoms with van der Waals surface area (Å²) in [5.74, 6) is 0.869. The summed E-state index contributed by atoms with van der Waals surface area (Å²) in [6, 6.07) is 6.96. The fraction of sp³-hybridized carbons (Fsp3) is 0.421. The Balaban J connectivity index is 1.86. The molecule has 1 fully saturated rings. The maximum Gasteiger partial charge on any atom is 0.436 e. The highest BCUT2D eigenvalue weighted by atomic mass is 19.4. The van der Waals surface area contributed by atoms with Gasteiger partial charge in [-0.15, -0.1) is 0 Å². The molecule has 0 bridgehead atoms. The molecule has 1 aromatic carbocycles. The molecule has 0 amide bonds. The average molecular weight is 407 g/mol. The lowest BCUT2D eigenvalue weighted by molar-refractivity contribution is -0.140. The average Bonchev–Trinajstić information content (AvgIpc) is 3.10. The van der Waals surface area contributed by atoms with Crippen LogP contribution in [0.25, 0.3) is 11.0 Å². The quantitative estimate of drug-likeness (QED) is 0.695. The lowest BCUT2D eigenvalue weighted by Gasteiger charge is -2.23. The van der Waals surface area contributed by atoms with E-state index in [9.17, 15) is 18.0 Å². The van der Waals surface area contributed by atoms with E-state index in [0.717, 1.165) is 5.56 Å². The molecule has 4 rings (SSSR count). The minimum absolute atomic E-state index is 0.0297. The van der Waals surface area contributed by atoms with Crippen LogP contribution < -0.4 is 15.6 Å². The molecule has 7 nitrogen and oxygen atoms in total. The van der Waals surface area contributed by atoms with Gasteiger partial charge in [-0.05, 0) is 32.0 Å². The number of nitrogens with zero attached hydrogens (tertiary/aromatic N) is 3. The normalized spacial score (nSPS) is 15.7. The summed E-state index contributed by atoms with van der Waals surface area (Å²) < 4.78 is 47.2. The van der Waals surface area contributed by atoms with E-state index in [4.69, 9.17) is 4.74 Å². The number of aromatic nitrogens is 4. The van der Waals surface area contributed by atoms with Crippen LogP contribution in [0.4, 0.5) is 13.2 Å². The summed E-state index contributed by atoms with van der Waals surface area (Å²) in [7, 11) is 1.53. The van der Waals surface area contributed by atoms with E-state index >= 15 is 0 Å². The summed E-state index contributed by atoms with van der Waals surface area (Å²) in [5.41, 5.74) is -1.30. The molecule has 3 aromatic rings. The smallest absolute Gasteiger partial charge is 0.436 e. The fourth-order valence-corrected chi connectivity index (χ4v) is 3.71. The third kappa shape index (κ3) is 3.71. The summed E-state index contributed by atoms with van der Waals surface area (Å²) in [6.07, 6.45) is -3.29. The minimum Gasteiger partial charge on any atom is -0.496 e. The molecule has 2 N–H and O–H groups in total. The van der Waals surface area contributed by atoms with Gasteiger partial charge in [-0.25, -0.2) is 9.67 Å². The van der Waals surface area contributed by atoms with Gasteiger partial charge in [0.15, 0.2) is 11.3 Å². The van der Waals surface area contributed by atoms with E-state index in [2.05, 4.69) is 20.4 Å². The Morgan fingerprint density at radius 1 is 1.24 bits per heavy atom. The molecule has 0 saturated carbocycles. The van der Waals surface area contributed by atoms with Crippen molar-refractivity contribution in [3.05, 3.63) is 51.7 Å². The first kappa shape index (κ1) is 19.4. The maximum atomic E-state index is 13.5. The van der Waals surface area contributed by atoms with Gasteiger partial charge in [0.1, 0.15) is 17.0 Å². The summed E-state index contributed by atoms with van der Waals surface area (Å²) in [5, 5.41) is 6.44. The zero-order chi connectivity index (χ0) is 20.6. The molecule has 1 saturated heterocycles. The van der Waals surface area contributed by atoms with Crippen molar-refractivity contribution in [2.75, 3.05) is 20.2 Å². The van der Waals surface area contributed by atoms with E-state index < -0.39 is 22.8 Å². The molecule has 0 spiro atoms. The Morgan fingerprint density at radius 2 is 1.97 bits per heavy atom. The van der Waals surface area contributed by atoms with Gasteiger partial charge in [0.05, 0.1) is 13.2 Å². The number of fused-ring (bicyclic) bond motifs is 1. The Hall–Kier alpha value is -2.88. The van der Waals surface area contributed by atoms with Crippen molar-refractivity contribution in [1.29, 1.82) is 0 Å². The highest BCUT2D eigenvalue weighted by Gasteiger charge is 2.39. The number of aromatic amines is 1. The van der Waals surface area contributed by atoms with Crippen LogP contribution in [-0.2, 0) is 12.6 Å². The van der Waals surface area contributed by atoms with Gasteiger partial charge in [-0.3, -0.25) is 4.79 Å². The number of benzene rings is 1. The lowest BCUT2D eigenvalue weighted by Crippen LogP contribution is -2.30. The molecule has 0 radical (unpaired) electrons. The van der Waals surface area contributed by atoms with Gasteiger partial charge in [0, 0.05) is 12.0 Å². The first-order chi connectivity index (χ1) is 13.9. The number of nitrogens with one attached hydrogen (secondary N) is 2. The second-order valence-electron chi connectivity index (χ2n) is 6.97. The number of piperidine rings is 1. The number of hydrogen-bond acceptors (Lipinski definition) is 5. The van der Waals surface area contributed by atoms with Crippen LogP contribution in [0, 0.1) is 0 Å². The predicted octanol–water partition coefficient (Wildman–Crippen LogP) is 2.66. The van der Waals surface area contributed by atoms with Gasteiger partial charge in [0.2, 0.25) is 0 Å². The van der Waals surface area contributed by atoms with E-state index in [1.807, 2.05) is 18.2 Å². The van der Waals surface area contributed by atoms with Crippen LogP contribution >= 0.6 is 0 Å². The third-order valence-electron chi connectivity index (χ3n) is 5.08. The fourth-order valence-electron chi connectivity index (χ4n) is 3.71. The van der Waals surface area contributed by atoms with Gasteiger partial charge >= 0.3 is 6.18 Å². The molecule has 3 heterocycles. The topological polar surface area (TPSA) is 84.8 Å². The van der Waals surface area contributed by atoms with E-state index in [1.165, 1.54) is 11.8 Å². The lowest BCUT2D eigenvalue weighted by atomic mass is 10.1. The molecule has 0 unspecified atom stereocenters. The predicted molar refractivity (Wildman–Crippen MR) is 100 cm³/mol. The molecule has 154 valence electrons. The van der Waals surface area contributed by atoms with Crippen molar-refractivity contribution in [2.24, 2.45) is 0 Å². The SMILES string of the molecule is COc1ccccc1Cc1nc2c(c(C(F)(F)F)nn2C2CCNCC2)c(=O)[nH]1.